The molecule has 4 heterocycles. The first-order valence-electron chi connectivity index (χ1n) is 26.9. The van der Waals surface area contributed by atoms with Crippen LogP contribution in [-0.2, 0) is 44.7 Å². The monoisotopic (exact) mass is 1110 g/mol. The number of aliphatic hydroxyl groups is 1. The van der Waals surface area contributed by atoms with Crippen LogP contribution in [0.25, 0.3) is 0 Å². The van der Waals surface area contributed by atoms with Crippen LogP contribution in [0.1, 0.15) is 147 Å². The van der Waals surface area contributed by atoms with Crippen LogP contribution in [-0.4, -0.2) is 129 Å². The number of likely N-dealkylation sites (tertiary alicyclic amines) is 1. The van der Waals surface area contributed by atoms with Gasteiger partial charge in [0.1, 0.15) is 29.8 Å². The molecule has 76 heavy (non-hydrogen) atoms. The summed E-state index contributed by atoms with van der Waals surface area (Å²) in [6, 6.07) is 2.79. The van der Waals surface area contributed by atoms with Gasteiger partial charge in [-0.05, 0) is 88.2 Å². The Labute approximate surface area is 467 Å². The molecule has 9 atom stereocenters. The predicted octanol–water partition coefficient (Wildman–Crippen LogP) is 9.97. The number of amides is 5. The van der Waals surface area contributed by atoms with Crippen LogP contribution in [0.5, 0.6) is 5.75 Å². The lowest BCUT2D eigenvalue weighted by molar-refractivity contribution is -0.139. The number of rotatable bonds is 15. The molecule has 1 aliphatic carbocycles. The first-order valence-corrected chi connectivity index (χ1v) is 28.7. The van der Waals surface area contributed by atoms with Crippen molar-refractivity contribution in [1.29, 1.82) is 0 Å². The Morgan fingerprint density at radius 1 is 1.12 bits per heavy atom. The average molecular weight is 1110 g/mol. The van der Waals surface area contributed by atoms with Gasteiger partial charge >= 0.3 is 6.09 Å². The summed E-state index contributed by atoms with van der Waals surface area (Å²) in [4.78, 5) is 98.9. The number of ketones is 2. The van der Waals surface area contributed by atoms with Gasteiger partial charge in [-0.2, -0.15) is 0 Å². The maximum Gasteiger partial charge on any atom is 0.409 e. The van der Waals surface area contributed by atoms with Gasteiger partial charge in [0.15, 0.2) is 5.78 Å². The number of fused-ring (bicyclic) bond motifs is 5. The van der Waals surface area contributed by atoms with Gasteiger partial charge < -0.3 is 29.1 Å². The molecule has 18 heteroatoms. The SMILES string of the molecule is C.CCC(=O)C1CCC(CN2C(=O)CC(SC(C)(C)CCC(=O)N(C)[C@@H](C)C(=O)C[C@H]3CC(=O)N(C)c4cc(cc(OC)c4Cl)C/C(C)=C/C=C/[C@@H](C)[C@@]4(O)C[C@H](OC(=O)N4)[C@@H](C)[C@@H]4O[C@@]34C)C2=O)CC1.[2H]C#CSCC. The number of carbonyl (C=O) groups is 7. The number of ether oxygens (including phenoxy) is 3. The molecular formula is C58H85ClN4O11S2. The van der Waals surface area contributed by atoms with Crippen molar-refractivity contribution in [3.05, 3.63) is 46.5 Å². The fourth-order valence-electron chi connectivity index (χ4n) is 10.8. The van der Waals surface area contributed by atoms with Crippen LogP contribution in [0, 0.1) is 41.2 Å². The van der Waals surface area contributed by atoms with Gasteiger partial charge in [-0.25, -0.2) is 4.79 Å². The fourth-order valence-corrected chi connectivity index (χ4v) is 12.7. The number of allylic oxidation sites excluding steroid dienone is 3. The van der Waals surface area contributed by atoms with Crippen LogP contribution < -0.4 is 15.0 Å². The summed E-state index contributed by atoms with van der Waals surface area (Å²) in [5.41, 5.74) is -0.417. The minimum Gasteiger partial charge on any atom is -0.495 e. The zero-order chi connectivity index (χ0) is 56.4. The molecule has 1 unspecified atom stereocenters. The first kappa shape index (κ1) is 62.5. The second kappa shape index (κ2) is 27.5. The van der Waals surface area contributed by atoms with E-state index in [1.54, 1.807) is 21.0 Å². The summed E-state index contributed by atoms with van der Waals surface area (Å²) < 4.78 is 23.6. The summed E-state index contributed by atoms with van der Waals surface area (Å²) >= 11 is 9.72. The largest absolute Gasteiger partial charge is 0.495 e. The maximum absolute atomic E-state index is 14.5. The molecule has 0 radical (unpaired) electrons. The molecule has 5 aliphatic rings. The zero-order valence-electron chi connectivity index (χ0n) is 47.0. The Bertz CT molecular complexity index is 2450. The van der Waals surface area contributed by atoms with E-state index in [0.717, 1.165) is 42.6 Å². The number of hydrogen-bond acceptors (Lipinski definition) is 13. The summed E-state index contributed by atoms with van der Waals surface area (Å²) in [5, 5.41) is 16.7. The third-order valence-corrected chi connectivity index (χ3v) is 18.4. The van der Waals surface area contributed by atoms with Crippen LogP contribution in [0.3, 0.4) is 0 Å². The second-order valence-electron chi connectivity index (χ2n) is 22.0. The van der Waals surface area contributed by atoms with E-state index in [9.17, 15) is 38.7 Å². The number of anilines is 1. The van der Waals surface area contributed by atoms with E-state index in [2.05, 4.69) is 10.6 Å². The Morgan fingerprint density at radius 2 is 1.80 bits per heavy atom. The molecular weight excluding hydrogens is 1030 g/mol. The van der Waals surface area contributed by atoms with Gasteiger partial charge in [-0.15, -0.1) is 18.2 Å². The van der Waals surface area contributed by atoms with Crippen molar-refractivity contribution in [2.24, 2.45) is 29.6 Å². The number of methoxy groups -OCH3 is 1. The number of likely N-dealkylation sites (N-methyl/N-ethyl adjacent to an activating group) is 1. The highest BCUT2D eigenvalue weighted by Gasteiger charge is 2.63. The van der Waals surface area contributed by atoms with Crippen LogP contribution in [0.4, 0.5) is 10.5 Å². The Balaban J connectivity index is 0.00000173. The molecule has 2 N–H and O–H groups in total. The standard InChI is InChI=1S/C53H75ClN4O11S.C4H6S.CH4/c1-12-39(59)36-18-16-34(17-19-36)29-58-46(63)27-43(49(58)64)70-51(6,7)21-20-44(61)56(9)33(5)40(60)25-37-26-45(62)57(10)38-23-35(24-41(67-11)47(38)54)22-30(2)14-13-15-31(3)53(66)28-42(68-50(65)55-53)32(4)48-52(37,8)69-48;1-3-5-4-2;/h13-15,23-24,31-34,36-37,42-43,48,66H,12,16-22,25-29H2,1-11H3,(H,55,65);1H,4H2,2H3;1H4/b15-13+,30-14+;;/t31-,32-,33+,34?,36?,37+,42+,43?,48+,52+,53+;;/m1../s1/i;1D;. The molecule has 4 aliphatic heterocycles. The highest BCUT2D eigenvalue weighted by molar-refractivity contribution is 8.03. The van der Waals surface area contributed by atoms with Crippen molar-refractivity contribution < 1.29 is 54.2 Å². The van der Waals surface area contributed by atoms with Crippen molar-refractivity contribution in [1.82, 2.24) is 15.1 Å². The van der Waals surface area contributed by atoms with E-state index in [0.29, 0.717) is 37.2 Å². The van der Waals surface area contributed by atoms with Gasteiger partial charge in [0, 0.05) is 93.3 Å². The molecule has 5 amide bonds. The van der Waals surface area contributed by atoms with Crippen LogP contribution >= 0.6 is 35.1 Å². The van der Waals surface area contributed by atoms with Crippen molar-refractivity contribution in [2.45, 2.75) is 186 Å². The number of halogens is 1. The number of terminal acetylenes is 1. The number of nitrogens with zero attached hydrogens (tertiary/aromatic N) is 3. The Kier molecular flexibility index (Phi) is 22.6. The summed E-state index contributed by atoms with van der Waals surface area (Å²) in [6.45, 7) is 17.3. The number of Topliss-reactive ketones (excluding diaryl/α,β-unsaturated/α-hetero) is 2. The highest BCUT2D eigenvalue weighted by atomic mass is 35.5. The topological polar surface area (TPSA) is 192 Å². The lowest BCUT2D eigenvalue weighted by Gasteiger charge is -2.41. The van der Waals surface area contributed by atoms with Crippen LogP contribution in [0.15, 0.2) is 35.9 Å². The maximum atomic E-state index is 14.5. The van der Waals surface area contributed by atoms with E-state index in [-0.39, 0.29) is 91.6 Å². The van der Waals surface area contributed by atoms with E-state index < -0.39 is 63.4 Å². The molecule has 3 saturated heterocycles. The average Bonchev–Trinajstić information content (AvgIpc) is 4.02. The normalized spacial score (nSPS) is 30.4. The van der Waals surface area contributed by atoms with Gasteiger partial charge in [-0.3, -0.25) is 39.0 Å². The van der Waals surface area contributed by atoms with Crippen LogP contribution in [0.2, 0.25) is 5.02 Å². The number of nitrogens with one attached hydrogen (secondary N) is 1. The molecule has 422 valence electrons. The second-order valence-corrected chi connectivity index (χ2v) is 25.3. The lowest BCUT2D eigenvalue weighted by Crippen LogP contribution is -2.60. The highest BCUT2D eigenvalue weighted by Crippen LogP contribution is 2.52. The molecule has 1 aromatic carbocycles. The molecule has 4 fully saturated rings. The summed E-state index contributed by atoms with van der Waals surface area (Å²) in [7, 11) is 4.72. The number of thioether (sulfide) groups is 2. The quantitative estimate of drug-likeness (QED) is 0.0959. The predicted molar refractivity (Wildman–Crippen MR) is 303 cm³/mol. The number of carbonyl (C=O) groups excluding carboxylic acids is 7. The number of epoxide rings is 1. The number of hydrogen-bond donors (Lipinski definition) is 2. The molecule has 4 bridgehead atoms. The molecule has 6 rings (SSSR count). The van der Waals surface area contributed by atoms with Gasteiger partial charge in [0.25, 0.3) is 0 Å². The van der Waals surface area contributed by atoms with E-state index in [4.69, 9.17) is 27.2 Å². The Hall–Kier alpha value is -4.34. The molecule has 15 nitrogen and oxygen atoms in total. The summed E-state index contributed by atoms with van der Waals surface area (Å²) in [5.74, 6) is -1.00. The fraction of sp³-hybridized carbons (Fsp3) is 0.672. The minimum atomic E-state index is -1.63. The number of benzene rings is 1. The van der Waals surface area contributed by atoms with E-state index in [1.165, 1.54) is 45.3 Å². The molecule has 0 aromatic heterocycles. The third-order valence-electron chi connectivity index (χ3n) is 16.1. The van der Waals surface area contributed by atoms with Gasteiger partial charge in [0.05, 0.1) is 35.8 Å². The molecule has 1 aromatic rings. The summed E-state index contributed by atoms with van der Waals surface area (Å²) in [6.07, 6.45) is 10.2. The molecule has 0 spiro atoms. The smallest absolute Gasteiger partial charge is 0.409 e. The van der Waals surface area contributed by atoms with Crippen molar-refractivity contribution >= 4 is 82.1 Å². The lowest BCUT2D eigenvalue weighted by atomic mass is 9.77. The number of alkyl carbamates (subject to hydrolysis) is 1. The van der Waals surface area contributed by atoms with Gasteiger partial charge in [-0.1, -0.05) is 96.1 Å². The Morgan fingerprint density at radius 3 is 2.42 bits per heavy atom. The van der Waals surface area contributed by atoms with E-state index in [1.807, 2.05) is 92.2 Å². The van der Waals surface area contributed by atoms with Crippen molar-refractivity contribution in [3.63, 3.8) is 0 Å². The van der Waals surface area contributed by atoms with Gasteiger partial charge in [0.2, 0.25) is 23.6 Å². The molecule has 1 saturated carbocycles. The first-order chi connectivity index (χ1) is 35.7. The van der Waals surface area contributed by atoms with Crippen molar-refractivity contribution in [3.8, 4) is 17.4 Å². The zero-order valence-corrected chi connectivity index (χ0v) is 48.4. The van der Waals surface area contributed by atoms with E-state index >= 15 is 0 Å². The number of imide groups is 1. The van der Waals surface area contributed by atoms with Crippen molar-refractivity contribution in [2.75, 3.05) is 38.4 Å². The third kappa shape index (κ3) is 15.9. The minimum absolute atomic E-state index is 0.